The van der Waals surface area contributed by atoms with Gasteiger partial charge in [-0.2, -0.15) is 0 Å². The third kappa shape index (κ3) is 6.06. The zero-order valence-electron chi connectivity index (χ0n) is 15.4. The standard InChI is InChI=1S/C20H24N2O5/c1-2-3-4-5-6-7-8-15-12-18(27-22-15)14-9-10-17(21-19(24)13-23)16(11-14)20(25)26/h9-13H,2-8H2,1H3,(H,21,24)(H,25,26). The van der Waals surface area contributed by atoms with Crippen LogP contribution in [0.5, 0.6) is 0 Å². The van der Waals surface area contributed by atoms with Crippen LogP contribution in [0.3, 0.4) is 0 Å². The minimum atomic E-state index is -1.22. The molecule has 1 aromatic carbocycles. The van der Waals surface area contributed by atoms with Crippen LogP contribution in [0.2, 0.25) is 0 Å². The number of benzene rings is 1. The Morgan fingerprint density at radius 2 is 1.89 bits per heavy atom. The minimum absolute atomic E-state index is 0.0511. The Hall–Kier alpha value is -2.96. The number of rotatable bonds is 11. The maximum atomic E-state index is 11.4. The monoisotopic (exact) mass is 372 g/mol. The van der Waals surface area contributed by atoms with Crippen molar-refractivity contribution >= 4 is 23.9 Å². The molecule has 2 N–H and O–H groups in total. The summed E-state index contributed by atoms with van der Waals surface area (Å²) in [4.78, 5) is 33.1. The number of aromatic carboxylic acids is 1. The summed E-state index contributed by atoms with van der Waals surface area (Å²) >= 11 is 0. The van der Waals surface area contributed by atoms with Crippen molar-refractivity contribution in [2.24, 2.45) is 0 Å². The molecule has 7 heteroatoms. The van der Waals surface area contributed by atoms with Gasteiger partial charge in [0.05, 0.1) is 16.9 Å². The molecule has 0 aliphatic rings. The SMILES string of the molecule is CCCCCCCCc1cc(-c2ccc(NC(=O)C=O)c(C(=O)O)c2)on1. The summed E-state index contributed by atoms with van der Waals surface area (Å²) in [5.41, 5.74) is 1.29. The number of nitrogens with zero attached hydrogens (tertiary/aromatic N) is 1. The van der Waals surface area contributed by atoms with E-state index in [1.165, 1.54) is 37.8 Å². The Morgan fingerprint density at radius 3 is 2.59 bits per heavy atom. The van der Waals surface area contributed by atoms with Gasteiger partial charge in [-0.25, -0.2) is 4.79 Å². The molecular formula is C20H24N2O5. The van der Waals surface area contributed by atoms with E-state index in [0.29, 0.717) is 11.3 Å². The number of carboxylic acid groups (broad SMARTS) is 1. The lowest BCUT2D eigenvalue weighted by atomic mass is 10.0. The first-order chi connectivity index (χ1) is 13.0. The molecule has 1 heterocycles. The molecule has 2 aromatic rings. The second-order valence-electron chi connectivity index (χ2n) is 6.37. The molecule has 1 amide bonds. The van der Waals surface area contributed by atoms with Crippen molar-refractivity contribution in [3.63, 3.8) is 0 Å². The highest BCUT2D eigenvalue weighted by Crippen LogP contribution is 2.26. The summed E-state index contributed by atoms with van der Waals surface area (Å²) in [7, 11) is 0. The Morgan fingerprint density at radius 1 is 1.15 bits per heavy atom. The highest BCUT2D eigenvalue weighted by molar-refractivity contribution is 6.30. The van der Waals surface area contributed by atoms with Crippen LogP contribution in [-0.4, -0.2) is 28.4 Å². The molecule has 0 aliphatic carbocycles. The summed E-state index contributed by atoms with van der Waals surface area (Å²) in [6, 6.07) is 6.23. The topological polar surface area (TPSA) is 110 Å². The molecule has 0 saturated carbocycles. The first-order valence-electron chi connectivity index (χ1n) is 9.14. The van der Waals surface area contributed by atoms with Crippen LogP contribution in [0.1, 0.15) is 61.5 Å². The summed E-state index contributed by atoms with van der Waals surface area (Å²) in [5.74, 6) is -1.66. The number of anilines is 1. The van der Waals surface area contributed by atoms with Crippen LogP contribution in [0, 0.1) is 0 Å². The lowest BCUT2D eigenvalue weighted by Gasteiger charge is -2.07. The van der Waals surface area contributed by atoms with Gasteiger partial charge in [-0.05, 0) is 31.0 Å². The van der Waals surface area contributed by atoms with E-state index in [1.807, 2.05) is 0 Å². The number of nitrogens with one attached hydrogen (secondary N) is 1. The Kier molecular flexibility index (Phi) is 7.73. The van der Waals surface area contributed by atoms with Crippen LogP contribution in [0.4, 0.5) is 5.69 Å². The van der Waals surface area contributed by atoms with Crippen LogP contribution in [0.15, 0.2) is 28.8 Å². The Balaban J connectivity index is 2.04. The van der Waals surface area contributed by atoms with E-state index in [0.717, 1.165) is 25.0 Å². The van der Waals surface area contributed by atoms with Crippen LogP contribution < -0.4 is 5.32 Å². The fourth-order valence-corrected chi connectivity index (χ4v) is 2.80. The van der Waals surface area contributed by atoms with Crippen molar-refractivity contribution in [1.82, 2.24) is 5.16 Å². The first kappa shape index (κ1) is 20.4. The lowest BCUT2D eigenvalue weighted by Crippen LogP contribution is -2.15. The molecule has 27 heavy (non-hydrogen) atoms. The molecule has 144 valence electrons. The second kappa shape index (κ2) is 10.3. The maximum absolute atomic E-state index is 11.4. The van der Waals surface area contributed by atoms with Crippen LogP contribution in [0.25, 0.3) is 11.3 Å². The molecule has 0 fully saturated rings. The van der Waals surface area contributed by atoms with Gasteiger partial charge in [0.15, 0.2) is 5.76 Å². The number of aldehydes is 1. The van der Waals surface area contributed by atoms with Crippen molar-refractivity contribution in [1.29, 1.82) is 0 Å². The fourth-order valence-electron chi connectivity index (χ4n) is 2.80. The Bertz CT molecular complexity index is 797. The molecular weight excluding hydrogens is 348 g/mol. The quantitative estimate of drug-likeness (QED) is 0.349. The molecule has 0 saturated heterocycles. The van der Waals surface area contributed by atoms with E-state index in [4.69, 9.17) is 4.52 Å². The smallest absolute Gasteiger partial charge is 0.337 e. The number of carbonyl (C=O) groups is 3. The number of aromatic nitrogens is 1. The molecule has 0 unspecified atom stereocenters. The van der Waals surface area contributed by atoms with Gasteiger partial charge in [-0.1, -0.05) is 44.2 Å². The van der Waals surface area contributed by atoms with Crippen molar-refractivity contribution in [3.8, 4) is 11.3 Å². The van der Waals surface area contributed by atoms with Crippen LogP contribution >= 0.6 is 0 Å². The molecule has 7 nitrogen and oxygen atoms in total. The number of carboxylic acids is 1. The molecule has 1 aromatic heterocycles. The van der Waals surface area contributed by atoms with Crippen LogP contribution in [-0.2, 0) is 16.0 Å². The molecule has 0 bridgehead atoms. The lowest BCUT2D eigenvalue weighted by molar-refractivity contribution is -0.127. The van der Waals surface area contributed by atoms with Crippen molar-refractivity contribution in [2.75, 3.05) is 5.32 Å². The van der Waals surface area contributed by atoms with Crippen molar-refractivity contribution < 1.29 is 24.0 Å². The fraction of sp³-hybridized carbons (Fsp3) is 0.400. The molecule has 0 aliphatic heterocycles. The van der Waals surface area contributed by atoms with E-state index in [1.54, 1.807) is 12.1 Å². The van der Waals surface area contributed by atoms with Gasteiger partial charge in [-0.15, -0.1) is 0 Å². The van der Waals surface area contributed by atoms with E-state index in [9.17, 15) is 19.5 Å². The maximum Gasteiger partial charge on any atom is 0.337 e. The van der Waals surface area contributed by atoms with Gasteiger partial charge in [0, 0.05) is 11.6 Å². The Labute approximate surface area is 157 Å². The van der Waals surface area contributed by atoms with E-state index in [2.05, 4.69) is 17.4 Å². The number of hydrogen-bond acceptors (Lipinski definition) is 5. The predicted molar refractivity (Wildman–Crippen MR) is 101 cm³/mol. The highest BCUT2D eigenvalue weighted by Gasteiger charge is 2.16. The summed E-state index contributed by atoms with van der Waals surface area (Å²) in [6.45, 7) is 2.19. The van der Waals surface area contributed by atoms with Crippen molar-refractivity contribution in [2.45, 2.75) is 51.9 Å². The van der Waals surface area contributed by atoms with Gasteiger partial charge >= 0.3 is 5.97 Å². The van der Waals surface area contributed by atoms with Gasteiger partial charge in [0.1, 0.15) is 0 Å². The van der Waals surface area contributed by atoms with E-state index < -0.39 is 11.9 Å². The highest BCUT2D eigenvalue weighted by atomic mass is 16.5. The number of hydrogen-bond donors (Lipinski definition) is 2. The molecule has 0 spiro atoms. The molecule has 0 atom stereocenters. The van der Waals surface area contributed by atoms with Gasteiger partial charge in [0.2, 0.25) is 6.29 Å². The normalized spacial score (nSPS) is 10.6. The third-order valence-corrected chi connectivity index (χ3v) is 4.24. The third-order valence-electron chi connectivity index (χ3n) is 4.24. The van der Waals surface area contributed by atoms with E-state index >= 15 is 0 Å². The summed E-state index contributed by atoms with van der Waals surface area (Å²) in [5, 5.41) is 15.6. The largest absolute Gasteiger partial charge is 0.478 e. The molecule has 2 rings (SSSR count). The molecule has 0 radical (unpaired) electrons. The first-order valence-corrected chi connectivity index (χ1v) is 9.14. The van der Waals surface area contributed by atoms with Crippen molar-refractivity contribution in [3.05, 3.63) is 35.5 Å². The number of carbonyl (C=O) groups excluding carboxylic acids is 2. The number of aryl methyl sites for hydroxylation is 1. The average Bonchev–Trinajstić information content (AvgIpc) is 3.13. The average molecular weight is 372 g/mol. The predicted octanol–water partition coefficient (Wildman–Crippen LogP) is 4.08. The second-order valence-corrected chi connectivity index (χ2v) is 6.37. The summed E-state index contributed by atoms with van der Waals surface area (Å²) < 4.78 is 5.34. The van der Waals surface area contributed by atoms with Gasteiger partial charge in [-0.3, -0.25) is 9.59 Å². The zero-order valence-corrected chi connectivity index (χ0v) is 15.4. The van der Waals surface area contributed by atoms with E-state index in [-0.39, 0.29) is 17.5 Å². The van der Waals surface area contributed by atoms with Gasteiger partial charge < -0.3 is 14.9 Å². The number of unbranched alkanes of at least 4 members (excludes halogenated alkanes) is 5. The summed E-state index contributed by atoms with van der Waals surface area (Å²) in [6.07, 6.45) is 8.05. The number of amides is 1. The van der Waals surface area contributed by atoms with Gasteiger partial charge in [0.25, 0.3) is 5.91 Å². The zero-order chi connectivity index (χ0) is 19.6. The minimum Gasteiger partial charge on any atom is -0.478 e.